The smallest absolute Gasteiger partial charge is 0.256 e. The molecule has 2 atom stereocenters. The second-order valence-corrected chi connectivity index (χ2v) is 6.31. The van der Waals surface area contributed by atoms with E-state index < -0.39 is 6.17 Å². The molecule has 0 aliphatic carbocycles. The van der Waals surface area contributed by atoms with Gasteiger partial charge in [0.25, 0.3) is 5.91 Å². The van der Waals surface area contributed by atoms with Crippen molar-refractivity contribution in [1.29, 1.82) is 0 Å². The van der Waals surface area contributed by atoms with Crippen LogP contribution in [0.2, 0.25) is 0 Å². The first-order valence-electron chi connectivity index (χ1n) is 9.53. The average molecular weight is 392 g/mol. The number of benzene rings is 1. The summed E-state index contributed by atoms with van der Waals surface area (Å²) in [7, 11) is 0. The first-order chi connectivity index (χ1) is 13.4. The summed E-state index contributed by atoms with van der Waals surface area (Å²) < 4.78 is 0. The number of anilines is 2. The van der Waals surface area contributed by atoms with Crippen LogP contribution >= 0.6 is 0 Å². The number of rotatable bonds is 12. The van der Waals surface area contributed by atoms with Crippen LogP contribution in [-0.4, -0.2) is 37.2 Å². The SMILES string of the molecule is CCCNC(NC(N)CC)/C(=C\N)C(=O)Nc1cccc(NC(=O)CCN)c1. The minimum absolute atomic E-state index is 0.185. The summed E-state index contributed by atoms with van der Waals surface area (Å²) >= 11 is 0. The fourth-order valence-electron chi connectivity index (χ4n) is 2.41. The van der Waals surface area contributed by atoms with Crippen LogP contribution in [0.25, 0.3) is 0 Å². The minimum Gasteiger partial charge on any atom is -0.404 e. The van der Waals surface area contributed by atoms with E-state index in [1.54, 1.807) is 24.3 Å². The molecule has 1 aromatic carbocycles. The van der Waals surface area contributed by atoms with Crippen molar-refractivity contribution in [2.75, 3.05) is 23.7 Å². The van der Waals surface area contributed by atoms with Crippen LogP contribution in [0, 0.1) is 0 Å². The normalized spacial score (nSPS) is 13.6. The molecule has 1 rings (SSSR count). The van der Waals surface area contributed by atoms with Gasteiger partial charge in [0, 0.05) is 30.5 Å². The van der Waals surface area contributed by atoms with E-state index in [4.69, 9.17) is 17.2 Å². The molecule has 0 aliphatic rings. The Bertz CT molecular complexity index is 663. The van der Waals surface area contributed by atoms with Gasteiger partial charge in [0.15, 0.2) is 0 Å². The number of amides is 2. The summed E-state index contributed by atoms with van der Waals surface area (Å²) in [6.45, 7) is 4.94. The molecule has 2 amide bonds. The third kappa shape index (κ3) is 8.05. The van der Waals surface area contributed by atoms with Gasteiger partial charge in [0.2, 0.25) is 5.91 Å². The van der Waals surface area contributed by atoms with Gasteiger partial charge in [-0.15, -0.1) is 0 Å². The molecule has 0 saturated carbocycles. The highest BCUT2D eigenvalue weighted by atomic mass is 16.2. The van der Waals surface area contributed by atoms with E-state index in [1.807, 2.05) is 13.8 Å². The molecule has 0 aromatic heterocycles. The number of nitrogens with one attached hydrogen (secondary N) is 4. The minimum atomic E-state index is -0.479. The maximum Gasteiger partial charge on any atom is 0.256 e. The Morgan fingerprint density at radius 1 is 1.18 bits per heavy atom. The van der Waals surface area contributed by atoms with E-state index in [1.165, 1.54) is 6.20 Å². The van der Waals surface area contributed by atoms with Gasteiger partial charge >= 0.3 is 0 Å². The van der Waals surface area contributed by atoms with Crippen molar-refractivity contribution in [1.82, 2.24) is 10.6 Å². The fourth-order valence-corrected chi connectivity index (χ4v) is 2.41. The Balaban J connectivity index is 2.87. The first kappa shape index (κ1) is 23.6. The predicted octanol–water partition coefficient (Wildman–Crippen LogP) is 0.365. The first-order valence-corrected chi connectivity index (χ1v) is 9.53. The van der Waals surface area contributed by atoms with Gasteiger partial charge in [-0.25, -0.2) is 0 Å². The van der Waals surface area contributed by atoms with Crippen molar-refractivity contribution in [3.8, 4) is 0 Å². The highest BCUT2D eigenvalue weighted by molar-refractivity contribution is 6.05. The van der Waals surface area contributed by atoms with Crippen LogP contribution in [0.15, 0.2) is 36.0 Å². The van der Waals surface area contributed by atoms with Gasteiger partial charge in [-0.3, -0.25) is 20.2 Å². The van der Waals surface area contributed by atoms with Gasteiger partial charge in [-0.05, 0) is 37.6 Å². The fraction of sp³-hybridized carbons (Fsp3) is 0.474. The summed E-state index contributed by atoms with van der Waals surface area (Å²) in [6, 6.07) is 6.86. The zero-order valence-electron chi connectivity index (χ0n) is 16.6. The molecule has 0 saturated heterocycles. The van der Waals surface area contributed by atoms with Crippen LogP contribution in [-0.2, 0) is 9.59 Å². The number of hydrogen-bond donors (Lipinski definition) is 7. The van der Waals surface area contributed by atoms with E-state index in [2.05, 4.69) is 21.3 Å². The maximum atomic E-state index is 12.8. The van der Waals surface area contributed by atoms with Crippen LogP contribution in [0.5, 0.6) is 0 Å². The molecule has 2 unspecified atom stereocenters. The van der Waals surface area contributed by atoms with Crippen LogP contribution in [0.4, 0.5) is 11.4 Å². The molecule has 1 aromatic rings. The Morgan fingerprint density at radius 3 is 2.43 bits per heavy atom. The molecule has 0 heterocycles. The van der Waals surface area contributed by atoms with Crippen LogP contribution < -0.4 is 38.5 Å². The van der Waals surface area contributed by atoms with Gasteiger partial charge in [-0.2, -0.15) is 0 Å². The number of carbonyl (C=O) groups excluding carboxylic acids is 2. The second kappa shape index (κ2) is 12.8. The van der Waals surface area contributed by atoms with Crippen LogP contribution in [0.3, 0.4) is 0 Å². The van der Waals surface area contributed by atoms with Gasteiger partial charge < -0.3 is 27.8 Å². The summed E-state index contributed by atoms with van der Waals surface area (Å²) in [4.78, 5) is 24.5. The molecule has 9 heteroatoms. The quantitative estimate of drug-likeness (QED) is 0.200. The van der Waals surface area contributed by atoms with E-state index in [-0.39, 0.29) is 30.9 Å². The van der Waals surface area contributed by atoms with Crippen LogP contribution in [0.1, 0.15) is 33.1 Å². The molecule has 10 N–H and O–H groups in total. The molecule has 9 nitrogen and oxygen atoms in total. The highest BCUT2D eigenvalue weighted by Gasteiger charge is 2.22. The monoisotopic (exact) mass is 391 g/mol. The van der Waals surface area contributed by atoms with Gasteiger partial charge in [0.05, 0.1) is 17.9 Å². The largest absolute Gasteiger partial charge is 0.404 e. The Hall–Kier alpha value is -2.46. The lowest BCUT2D eigenvalue weighted by Gasteiger charge is -2.25. The summed E-state index contributed by atoms with van der Waals surface area (Å²) in [6.07, 6.45) is 2.33. The summed E-state index contributed by atoms with van der Waals surface area (Å²) in [5, 5.41) is 11.9. The molecule has 0 aliphatic heterocycles. The van der Waals surface area contributed by atoms with E-state index >= 15 is 0 Å². The lowest BCUT2D eigenvalue weighted by atomic mass is 10.1. The maximum absolute atomic E-state index is 12.8. The van der Waals surface area contributed by atoms with Crippen molar-refractivity contribution >= 4 is 23.2 Å². The number of hydrogen-bond acceptors (Lipinski definition) is 7. The predicted molar refractivity (Wildman–Crippen MR) is 113 cm³/mol. The average Bonchev–Trinajstić information content (AvgIpc) is 2.66. The standard InChI is InChI=1S/C19H33N7O2/c1-3-10-23-18(26-16(22)4-2)15(12-21)19(28)25-14-7-5-6-13(11-14)24-17(27)8-9-20/h5-7,11-12,16,18,23,26H,3-4,8-10,20-22H2,1-2H3,(H,24,27)(H,25,28)/b15-12+. The van der Waals surface area contributed by atoms with E-state index in [0.717, 1.165) is 6.42 Å². The molecule has 0 radical (unpaired) electrons. The molecule has 156 valence electrons. The zero-order valence-corrected chi connectivity index (χ0v) is 16.6. The van der Waals surface area contributed by atoms with Crippen molar-refractivity contribution in [3.05, 3.63) is 36.0 Å². The van der Waals surface area contributed by atoms with E-state index in [0.29, 0.717) is 29.9 Å². The summed E-state index contributed by atoms with van der Waals surface area (Å²) in [5.74, 6) is -0.549. The number of carbonyl (C=O) groups is 2. The lowest BCUT2D eigenvalue weighted by Crippen LogP contribution is -2.53. The number of nitrogens with two attached hydrogens (primary N) is 3. The molecular weight excluding hydrogens is 358 g/mol. The van der Waals surface area contributed by atoms with Gasteiger partial charge in [0.1, 0.15) is 0 Å². The Morgan fingerprint density at radius 2 is 1.86 bits per heavy atom. The summed E-state index contributed by atoms with van der Waals surface area (Å²) in [5.41, 5.74) is 18.5. The molecule has 0 bridgehead atoms. The third-order valence-corrected chi connectivity index (χ3v) is 3.95. The van der Waals surface area contributed by atoms with E-state index in [9.17, 15) is 9.59 Å². The molecule has 0 fully saturated rings. The molecule has 28 heavy (non-hydrogen) atoms. The Labute approximate surface area is 166 Å². The zero-order chi connectivity index (χ0) is 20.9. The highest BCUT2D eigenvalue weighted by Crippen LogP contribution is 2.16. The molecular formula is C19H33N7O2. The second-order valence-electron chi connectivity index (χ2n) is 6.31. The topological polar surface area (TPSA) is 160 Å². The lowest BCUT2D eigenvalue weighted by molar-refractivity contribution is -0.116. The molecule has 0 spiro atoms. The van der Waals surface area contributed by atoms with Crippen molar-refractivity contribution in [2.45, 2.75) is 45.4 Å². The van der Waals surface area contributed by atoms with Crippen molar-refractivity contribution < 1.29 is 9.59 Å². The third-order valence-electron chi connectivity index (χ3n) is 3.95. The van der Waals surface area contributed by atoms with Crippen molar-refractivity contribution in [2.24, 2.45) is 17.2 Å². The van der Waals surface area contributed by atoms with Crippen molar-refractivity contribution in [3.63, 3.8) is 0 Å². The Kier molecular flexibility index (Phi) is 10.8. The van der Waals surface area contributed by atoms with Gasteiger partial charge in [-0.1, -0.05) is 19.9 Å².